The van der Waals surface area contributed by atoms with Crippen LogP contribution in [-0.2, 0) is 0 Å². The van der Waals surface area contributed by atoms with Crippen molar-refractivity contribution in [3.8, 4) is 17.2 Å². The van der Waals surface area contributed by atoms with Crippen LogP contribution in [0.3, 0.4) is 0 Å². The van der Waals surface area contributed by atoms with Crippen molar-refractivity contribution in [2.45, 2.75) is 37.8 Å². The Bertz CT molecular complexity index is 482. The molecular weight excluding hydrogens is 294 g/mol. The predicted octanol–water partition coefficient (Wildman–Crippen LogP) is 0.980. The summed E-state index contributed by atoms with van der Waals surface area (Å²) in [6.45, 7) is 0. The number of ether oxygens (including phenoxy) is 3. The van der Waals surface area contributed by atoms with Crippen molar-refractivity contribution in [1.82, 2.24) is 0 Å². The zero-order valence-corrected chi connectivity index (χ0v) is 14.9. The summed E-state index contributed by atoms with van der Waals surface area (Å²) in [4.78, 5) is 12.7. The second-order valence-corrected chi connectivity index (χ2v) is 6.77. The van der Waals surface area contributed by atoms with Crippen molar-refractivity contribution in [3.05, 3.63) is 17.7 Å². The molecule has 4 nitrogen and oxygen atoms in total. The van der Waals surface area contributed by atoms with E-state index in [1.165, 1.54) is 19.3 Å². The van der Waals surface area contributed by atoms with Crippen molar-refractivity contribution in [1.29, 1.82) is 0 Å². The second-order valence-electron chi connectivity index (χ2n) is 5.22. The van der Waals surface area contributed by atoms with Crippen molar-refractivity contribution >= 4 is 14.1 Å². The number of carbonyl (C=O) groups excluding carboxylic acids is 1. The Hall–Kier alpha value is -0.683. The number of rotatable bonds is 6. The molecule has 1 atom stereocenters. The molecule has 0 heterocycles. The van der Waals surface area contributed by atoms with E-state index in [2.05, 4.69) is 0 Å². The fraction of sp³-hybridized carbons (Fsp3) is 0.562. The Morgan fingerprint density at radius 2 is 1.59 bits per heavy atom. The molecule has 1 saturated carbocycles. The molecule has 6 heteroatoms. The number of hydrogen-bond acceptors (Lipinski definition) is 4. The number of carbonyl (C=O) groups is 1. The maximum Gasteiger partial charge on any atom is 1.00 e. The van der Waals surface area contributed by atoms with Crippen molar-refractivity contribution in [2.24, 2.45) is 0 Å². The molecule has 1 aromatic rings. The van der Waals surface area contributed by atoms with Gasteiger partial charge in [0.05, 0.1) is 21.3 Å². The maximum atomic E-state index is 12.7. The Balaban J connectivity index is 0.00000242. The van der Waals surface area contributed by atoms with Crippen LogP contribution in [0.5, 0.6) is 17.2 Å². The summed E-state index contributed by atoms with van der Waals surface area (Å²) < 4.78 is 15.9. The third-order valence-electron chi connectivity index (χ3n) is 3.88. The molecule has 118 valence electrons. The minimum absolute atomic E-state index is 0. The number of hydrogen-bond donors (Lipinski definition) is 0. The molecule has 0 bridgehead atoms. The summed E-state index contributed by atoms with van der Waals surface area (Å²) in [6.07, 6.45) is 6.09. The van der Waals surface area contributed by atoms with Crippen LogP contribution >= 0.6 is 8.58 Å². The van der Waals surface area contributed by atoms with Crippen LogP contribution in [0.2, 0.25) is 0 Å². The van der Waals surface area contributed by atoms with E-state index in [1.54, 1.807) is 33.5 Å². The van der Waals surface area contributed by atoms with Gasteiger partial charge in [-0.15, -0.1) is 0 Å². The largest absolute Gasteiger partial charge is 1.00 e. The predicted molar refractivity (Wildman–Crippen MR) is 86.7 cm³/mol. The Morgan fingerprint density at radius 3 is 2.05 bits per heavy atom. The fourth-order valence-corrected chi connectivity index (χ4v) is 4.19. The maximum absolute atomic E-state index is 12.7. The Kier molecular flexibility index (Phi) is 8.32. The van der Waals surface area contributed by atoms with Gasteiger partial charge in [0.15, 0.2) is 5.52 Å². The topological polar surface area (TPSA) is 44.8 Å². The van der Waals surface area contributed by atoms with E-state index in [4.69, 9.17) is 14.2 Å². The molecule has 0 aliphatic heterocycles. The zero-order chi connectivity index (χ0) is 15.2. The van der Waals surface area contributed by atoms with E-state index in [-0.39, 0.29) is 34.4 Å². The van der Waals surface area contributed by atoms with Crippen LogP contribution in [0.1, 0.15) is 43.9 Å². The molecule has 1 aromatic carbocycles. The molecule has 2 rings (SSSR count). The SMILES string of the molecule is COc1cc(OC)c(C(=O)PC2CCCCC2)c(OC)c1.[H-].[Li+]. The zero-order valence-electron chi connectivity index (χ0n) is 14.9. The van der Waals surface area contributed by atoms with Gasteiger partial charge in [-0.1, -0.05) is 19.3 Å². The van der Waals surface area contributed by atoms with Crippen LogP contribution in [-0.4, -0.2) is 32.5 Å². The first-order valence-electron chi connectivity index (χ1n) is 7.30. The quantitative estimate of drug-likeness (QED) is 0.579. The standard InChI is InChI=1S/C16H23O4P.Li.H/c1-18-11-9-13(19-2)15(14(10-11)20-3)16(17)21-12-7-5-4-6-8-12;;/h9-10,12,21H,4-8H2,1-3H3;;/q;+1;-1. The van der Waals surface area contributed by atoms with Gasteiger partial charge in [-0.2, -0.15) is 0 Å². The summed E-state index contributed by atoms with van der Waals surface area (Å²) in [5.41, 5.74) is 1.19. The summed E-state index contributed by atoms with van der Waals surface area (Å²) in [6, 6.07) is 3.47. The van der Waals surface area contributed by atoms with Crippen LogP contribution in [0.4, 0.5) is 0 Å². The Morgan fingerprint density at radius 1 is 1.05 bits per heavy atom. The summed E-state index contributed by atoms with van der Waals surface area (Å²) in [5, 5.41) is 0. The second kappa shape index (κ2) is 9.45. The van der Waals surface area contributed by atoms with Crippen molar-refractivity contribution < 1.29 is 39.3 Å². The number of benzene rings is 1. The smallest absolute Gasteiger partial charge is 1.00 e. The molecule has 0 aromatic heterocycles. The van der Waals surface area contributed by atoms with E-state index >= 15 is 0 Å². The van der Waals surface area contributed by atoms with Gasteiger partial charge in [-0.3, -0.25) is 4.79 Å². The van der Waals surface area contributed by atoms with E-state index in [9.17, 15) is 4.79 Å². The normalized spacial score (nSPS) is 15.4. The van der Waals surface area contributed by atoms with Gasteiger partial charge in [0.1, 0.15) is 22.8 Å². The van der Waals surface area contributed by atoms with Crippen LogP contribution in [0.25, 0.3) is 0 Å². The molecular formula is C16H24LiO4P. The summed E-state index contributed by atoms with van der Waals surface area (Å²) in [7, 11) is 5.00. The van der Waals surface area contributed by atoms with Gasteiger partial charge in [-0.05, 0) is 27.1 Å². The van der Waals surface area contributed by atoms with Gasteiger partial charge < -0.3 is 15.6 Å². The van der Waals surface area contributed by atoms with E-state index in [0.29, 0.717) is 28.5 Å². The molecule has 22 heavy (non-hydrogen) atoms. The van der Waals surface area contributed by atoms with Gasteiger partial charge in [0.2, 0.25) is 0 Å². The molecule has 0 saturated heterocycles. The molecule has 1 unspecified atom stereocenters. The summed E-state index contributed by atoms with van der Waals surface area (Å²) >= 11 is 0. The summed E-state index contributed by atoms with van der Waals surface area (Å²) in [5.74, 6) is 1.68. The molecule has 1 aliphatic carbocycles. The first-order valence-corrected chi connectivity index (χ1v) is 8.38. The minimum atomic E-state index is 0. The third-order valence-corrected chi connectivity index (χ3v) is 5.38. The van der Waals surface area contributed by atoms with Gasteiger partial charge in [0, 0.05) is 12.1 Å². The third kappa shape index (κ3) is 4.65. The number of methoxy groups -OCH3 is 3. The molecule has 1 fully saturated rings. The van der Waals surface area contributed by atoms with Gasteiger partial charge >= 0.3 is 18.9 Å². The molecule has 0 spiro atoms. The van der Waals surface area contributed by atoms with Gasteiger partial charge in [0.25, 0.3) is 0 Å². The molecule has 1 aliphatic rings. The monoisotopic (exact) mass is 318 g/mol. The van der Waals surface area contributed by atoms with Gasteiger partial charge in [-0.25, -0.2) is 0 Å². The molecule has 0 amide bonds. The fourth-order valence-electron chi connectivity index (χ4n) is 2.73. The Labute approximate surface area is 147 Å². The van der Waals surface area contributed by atoms with Crippen LogP contribution < -0.4 is 33.1 Å². The first kappa shape index (κ1) is 19.4. The van der Waals surface area contributed by atoms with Crippen molar-refractivity contribution in [3.63, 3.8) is 0 Å². The molecule has 0 N–H and O–H groups in total. The average molecular weight is 318 g/mol. The average Bonchev–Trinajstić information content (AvgIpc) is 2.54. The minimum Gasteiger partial charge on any atom is -1.00 e. The van der Waals surface area contributed by atoms with Crippen LogP contribution in [0, 0.1) is 0 Å². The van der Waals surface area contributed by atoms with Crippen LogP contribution in [0.15, 0.2) is 12.1 Å². The van der Waals surface area contributed by atoms with E-state index < -0.39 is 0 Å². The van der Waals surface area contributed by atoms with E-state index in [0.717, 1.165) is 12.8 Å². The van der Waals surface area contributed by atoms with E-state index in [1.807, 2.05) is 0 Å². The van der Waals surface area contributed by atoms with Crippen molar-refractivity contribution in [2.75, 3.05) is 21.3 Å². The first-order chi connectivity index (χ1) is 10.2. The molecule has 0 radical (unpaired) electrons.